The number of fused-ring (bicyclic) bond motifs is 5. The molecule has 0 amide bonds. The van der Waals surface area contributed by atoms with Crippen LogP contribution >= 0.6 is 0 Å². The van der Waals surface area contributed by atoms with Crippen molar-refractivity contribution in [2.75, 3.05) is 33.7 Å². The highest BCUT2D eigenvalue weighted by molar-refractivity contribution is 7.86. The second-order valence-electron chi connectivity index (χ2n) is 7.84. The maximum atomic E-state index is 12.6. The van der Waals surface area contributed by atoms with E-state index < -0.39 is 10.2 Å². The first-order valence-corrected chi connectivity index (χ1v) is 10.6. The van der Waals surface area contributed by atoms with Gasteiger partial charge in [-0.3, -0.25) is 4.90 Å². The van der Waals surface area contributed by atoms with E-state index in [0.29, 0.717) is 19.0 Å². The summed E-state index contributed by atoms with van der Waals surface area (Å²) in [6.07, 6.45) is 6.34. The Morgan fingerprint density at radius 3 is 2.73 bits per heavy atom. The van der Waals surface area contributed by atoms with Gasteiger partial charge in [0.05, 0.1) is 5.69 Å². The lowest BCUT2D eigenvalue weighted by Crippen LogP contribution is -2.45. The summed E-state index contributed by atoms with van der Waals surface area (Å²) < 4.78 is 30.2. The smallest absolute Gasteiger partial charge is 0.281 e. The molecular formula is C18H27N5O2S. The summed E-state index contributed by atoms with van der Waals surface area (Å²) in [6.45, 7) is 4.99. The van der Waals surface area contributed by atoms with Crippen molar-refractivity contribution in [3.63, 3.8) is 0 Å². The minimum Gasteiger partial charge on any atom is -0.307 e. The van der Waals surface area contributed by atoms with Crippen LogP contribution in [0.15, 0.2) is 24.5 Å². The van der Waals surface area contributed by atoms with Crippen molar-refractivity contribution < 1.29 is 8.42 Å². The fourth-order valence-electron chi connectivity index (χ4n) is 4.19. The average molecular weight is 378 g/mol. The van der Waals surface area contributed by atoms with E-state index in [1.54, 1.807) is 18.4 Å². The van der Waals surface area contributed by atoms with Gasteiger partial charge in [-0.1, -0.05) is 6.07 Å². The number of aromatic nitrogens is 2. The monoisotopic (exact) mass is 377 g/mol. The van der Waals surface area contributed by atoms with Gasteiger partial charge >= 0.3 is 0 Å². The fourth-order valence-corrected chi connectivity index (χ4v) is 5.41. The highest BCUT2D eigenvalue weighted by Gasteiger charge is 2.39. The van der Waals surface area contributed by atoms with Crippen molar-refractivity contribution >= 4 is 15.9 Å². The van der Waals surface area contributed by atoms with Crippen LogP contribution in [0.1, 0.15) is 24.1 Å². The largest absolute Gasteiger partial charge is 0.307 e. The van der Waals surface area contributed by atoms with Crippen LogP contribution in [-0.4, -0.2) is 71.1 Å². The van der Waals surface area contributed by atoms with Gasteiger partial charge in [0.2, 0.25) is 0 Å². The predicted octanol–water partition coefficient (Wildman–Crippen LogP) is 1.35. The van der Waals surface area contributed by atoms with E-state index in [1.807, 2.05) is 6.07 Å². The summed E-state index contributed by atoms with van der Waals surface area (Å²) in [5, 5.41) is 0. The van der Waals surface area contributed by atoms with Crippen molar-refractivity contribution in [1.82, 2.24) is 22.9 Å². The Labute approximate surface area is 155 Å². The van der Waals surface area contributed by atoms with Crippen molar-refractivity contribution in [2.45, 2.75) is 32.4 Å². The molecule has 3 aliphatic rings. The van der Waals surface area contributed by atoms with Gasteiger partial charge in [-0.2, -0.15) is 17.0 Å². The van der Waals surface area contributed by atoms with E-state index in [4.69, 9.17) is 4.98 Å². The zero-order valence-corrected chi connectivity index (χ0v) is 16.5. The van der Waals surface area contributed by atoms with E-state index in [9.17, 15) is 8.42 Å². The number of aryl methyl sites for hydroxylation is 1. The first-order valence-electron chi connectivity index (χ1n) is 9.19. The maximum absolute atomic E-state index is 12.6. The van der Waals surface area contributed by atoms with Gasteiger partial charge in [0.15, 0.2) is 0 Å². The molecule has 3 saturated heterocycles. The number of nitrogens with zero attached hydrogens (tertiary/aromatic N) is 5. The zero-order valence-electron chi connectivity index (χ0n) is 15.7. The van der Waals surface area contributed by atoms with Crippen LogP contribution in [0, 0.1) is 12.8 Å². The quantitative estimate of drug-likeness (QED) is 0.807. The minimum atomic E-state index is -3.35. The molecule has 3 aliphatic heterocycles. The lowest BCUT2D eigenvalue weighted by molar-refractivity contribution is 0.124. The SMILES string of the molecule is Cc1ccc2nc(CN3C[C@H]4CC[C@@H]3CN(S(=O)(=O)N(C)C)C4)cn2c1. The van der Waals surface area contributed by atoms with Crippen molar-refractivity contribution in [3.05, 3.63) is 35.8 Å². The average Bonchev–Trinajstić information content (AvgIpc) is 2.75. The molecule has 5 rings (SSSR count). The van der Waals surface area contributed by atoms with Crippen LogP contribution in [0.3, 0.4) is 0 Å². The summed E-state index contributed by atoms with van der Waals surface area (Å²) in [5.74, 6) is 0.391. The normalized spacial score (nSPS) is 25.2. The number of hydrogen-bond acceptors (Lipinski definition) is 4. The molecule has 2 aromatic heterocycles. The number of rotatable bonds is 4. The van der Waals surface area contributed by atoms with Crippen molar-refractivity contribution in [2.24, 2.45) is 5.92 Å². The van der Waals surface area contributed by atoms with E-state index >= 15 is 0 Å². The van der Waals surface area contributed by atoms with Gasteiger partial charge in [0.1, 0.15) is 5.65 Å². The molecule has 0 aliphatic carbocycles. The van der Waals surface area contributed by atoms with Gasteiger partial charge < -0.3 is 4.40 Å². The molecular weight excluding hydrogens is 350 g/mol. The summed E-state index contributed by atoms with van der Waals surface area (Å²) in [4.78, 5) is 7.16. The van der Waals surface area contributed by atoms with E-state index in [1.165, 1.54) is 9.87 Å². The number of piperidine rings is 1. The summed E-state index contributed by atoms with van der Waals surface area (Å²) in [6, 6.07) is 4.37. The molecule has 0 radical (unpaired) electrons. The molecule has 2 atom stereocenters. The Morgan fingerprint density at radius 2 is 1.96 bits per heavy atom. The molecule has 0 saturated carbocycles. The highest BCUT2D eigenvalue weighted by atomic mass is 32.2. The second kappa shape index (κ2) is 6.60. The third-order valence-corrected chi connectivity index (χ3v) is 7.47. The van der Waals surface area contributed by atoms with Crippen LogP contribution in [0.25, 0.3) is 5.65 Å². The van der Waals surface area contributed by atoms with Gasteiger partial charge in [-0.15, -0.1) is 0 Å². The third kappa shape index (κ3) is 3.26. The molecule has 5 heterocycles. The molecule has 7 nitrogen and oxygen atoms in total. The molecule has 26 heavy (non-hydrogen) atoms. The summed E-state index contributed by atoms with van der Waals surface area (Å²) in [7, 11) is -0.131. The lowest BCUT2D eigenvalue weighted by Gasteiger charge is -2.35. The zero-order chi connectivity index (χ0) is 18.5. The number of pyridine rings is 1. The van der Waals surface area contributed by atoms with E-state index in [0.717, 1.165) is 37.3 Å². The number of imidazole rings is 1. The van der Waals surface area contributed by atoms with Crippen LogP contribution in [-0.2, 0) is 16.8 Å². The standard InChI is InChI=1S/C18H27N5O2S/c1-14-4-7-18-19-16(12-22(18)8-14)11-21-9-15-5-6-17(21)13-23(10-15)26(24,25)20(2)3/h4,7-8,12,15,17H,5-6,9-11,13H2,1-3H3/t15-,17-/m1/s1. The molecule has 0 unspecified atom stereocenters. The van der Waals surface area contributed by atoms with Crippen LogP contribution in [0.2, 0.25) is 0 Å². The molecule has 2 aromatic rings. The molecule has 0 spiro atoms. The van der Waals surface area contributed by atoms with Crippen molar-refractivity contribution in [1.29, 1.82) is 0 Å². The maximum Gasteiger partial charge on any atom is 0.281 e. The van der Waals surface area contributed by atoms with Gasteiger partial charge in [-0.25, -0.2) is 4.98 Å². The van der Waals surface area contributed by atoms with Crippen molar-refractivity contribution in [3.8, 4) is 0 Å². The minimum absolute atomic E-state index is 0.259. The Morgan fingerprint density at radius 1 is 1.15 bits per heavy atom. The number of hydrogen-bond donors (Lipinski definition) is 0. The van der Waals surface area contributed by atoms with Gasteiger partial charge in [0, 0.05) is 58.7 Å². The fraction of sp³-hybridized carbons (Fsp3) is 0.611. The Kier molecular flexibility index (Phi) is 4.54. The highest BCUT2D eigenvalue weighted by Crippen LogP contribution is 2.30. The molecule has 8 heteroatoms. The van der Waals surface area contributed by atoms with Gasteiger partial charge in [0.25, 0.3) is 10.2 Å². The first kappa shape index (κ1) is 17.9. The van der Waals surface area contributed by atoms with Crippen LogP contribution in [0.5, 0.6) is 0 Å². The molecule has 0 N–H and O–H groups in total. The van der Waals surface area contributed by atoms with Crippen LogP contribution in [0.4, 0.5) is 0 Å². The molecule has 3 fully saturated rings. The van der Waals surface area contributed by atoms with Gasteiger partial charge in [-0.05, 0) is 37.3 Å². The molecule has 2 bridgehead atoms. The first-order chi connectivity index (χ1) is 12.3. The Balaban J connectivity index is 1.54. The molecule has 0 aromatic carbocycles. The second-order valence-corrected chi connectivity index (χ2v) is 9.98. The molecule has 142 valence electrons. The third-order valence-electron chi connectivity index (χ3n) is 5.60. The summed E-state index contributed by atoms with van der Waals surface area (Å²) >= 11 is 0. The Bertz CT molecular complexity index is 907. The lowest BCUT2D eigenvalue weighted by atomic mass is 9.95. The van der Waals surface area contributed by atoms with E-state index in [-0.39, 0.29) is 6.04 Å². The van der Waals surface area contributed by atoms with E-state index in [2.05, 4.69) is 34.7 Å². The Hall–Kier alpha value is -1.48. The van der Waals surface area contributed by atoms with Crippen LogP contribution < -0.4 is 0 Å². The predicted molar refractivity (Wildman–Crippen MR) is 101 cm³/mol. The summed E-state index contributed by atoms with van der Waals surface area (Å²) in [5.41, 5.74) is 3.22. The topological polar surface area (TPSA) is 61.2 Å².